The van der Waals surface area contributed by atoms with Gasteiger partial charge < -0.3 is 104 Å². The van der Waals surface area contributed by atoms with Gasteiger partial charge in [-0.05, 0) is 100 Å². The molecule has 21 nitrogen and oxygen atoms in total. The average Bonchev–Trinajstić information content (AvgIpc) is 3.85. The zero-order valence-electron chi connectivity index (χ0n) is 43.4. The summed E-state index contributed by atoms with van der Waals surface area (Å²) < 4.78 is 63.4. The van der Waals surface area contributed by atoms with Gasteiger partial charge in [0.1, 0.15) is 79.4 Å². The van der Waals surface area contributed by atoms with Crippen LogP contribution in [0.1, 0.15) is 107 Å². The third kappa shape index (κ3) is 8.77. The Bertz CT molecular complexity index is 2010. The first-order valence-corrected chi connectivity index (χ1v) is 26.8. The lowest BCUT2D eigenvalue weighted by Crippen LogP contribution is -2.68. The van der Waals surface area contributed by atoms with Crippen LogP contribution in [-0.2, 0) is 47.4 Å². The van der Waals surface area contributed by atoms with Gasteiger partial charge in [0, 0.05) is 24.2 Å². The van der Waals surface area contributed by atoms with E-state index >= 15 is 0 Å². The SMILES string of the molecule is CC(C)=C[C@H]1C[C@](C)(O)C2[C@H]3CC[C@@H]4[C@@]5(C)CC[C@H](O[C@@H]6OC[C@H](O)[C@H](O[C@@H]7O[C@H](CO)[C@@H](O)[C@H](O)[C@H]7O[C@@H]7OC[C@@H](O)[C@H](O)[C@H]7O)[C@H]6O[C@@H]6O[C@@H](C)[C@H](O)[C@@H](O)[C@H]6O)C(C)(C)[C@@H]5CC[C@@]4(C)[C@@]34CO[C@@]2(C4)O1. The van der Waals surface area contributed by atoms with Crippen molar-refractivity contribution in [2.75, 3.05) is 26.4 Å². The molecule has 10 aliphatic rings. The first kappa shape index (κ1) is 55.2. The molecule has 29 atom stereocenters. The number of ether oxygens (including phenoxy) is 10. The Morgan fingerprint density at radius 3 is 2.03 bits per heavy atom. The van der Waals surface area contributed by atoms with E-state index in [1.54, 1.807) is 0 Å². The topological polar surface area (TPSA) is 315 Å². The highest BCUT2D eigenvalue weighted by Crippen LogP contribution is 2.80. The molecule has 21 heteroatoms. The van der Waals surface area contributed by atoms with Crippen molar-refractivity contribution in [1.29, 1.82) is 0 Å². The minimum absolute atomic E-state index is 0.108. The van der Waals surface area contributed by atoms with Gasteiger partial charge >= 0.3 is 0 Å². The van der Waals surface area contributed by atoms with Crippen LogP contribution in [0.25, 0.3) is 0 Å². The Morgan fingerprint density at radius 1 is 0.644 bits per heavy atom. The highest BCUT2D eigenvalue weighted by atomic mass is 16.8. The summed E-state index contributed by atoms with van der Waals surface area (Å²) in [6, 6.07) is 0. The fraction of sp³-hybridized carbons (Fsp3) is 0.962. The van der Waals surface area contributed by atoms with Crippen LogP contribution in [0.4, 0.5) is 0 Å². The lowest BCUT2D eigenvalue weighted by Gasteiger charge is -2.70. The van der Waals surface area contributed by atoms with Gasteiger partial charge in [-0.2, -0.15) is 0 Å². The second-order valence-electron chi connectivity index (χ2n) is 25.3. The van der Waals surface area contributed by atoms with E-state index in [-0.39, 0.29) is 46.7 Å². The molecule has 2 spiro atoms. The number of hydrogen-bond donors (Lipinski definition) is 11. The molecule has 418 valence electrons. The average molecular weight is 1050 g/mol. The number of aliphatic hydroxyl groups excluding tert-OH is 10. The van der Waals surface area contributed by atoms with Crippen LogP contribution in [0, 0.1) is 45.3 Å². The highest BCUT2D eigenvalue weighted by Gasteiger charge is 2.81. The van der Waals surface area contributed by atoms with Crippen molar-refractivity contribution >= 4 is 0 Å². The molecule has 0 radical (unpaired) electrons. The Kier molecular flexibility index (Phi) is 14.8. The van der Waals surface area contributed by atoms with Gasteiger partial charge in [0.2, 0.25) is 0 Å². The van der Waals surface area contributed by atoms with Gasteiger partial charge in [-0.1, -0.05) is 39.3 Å². The zero-order valence-corrected chi connectivity index (χ0v) is 43.4. The lowest BCUT2D eigenvalue weighted by molar-refractivity contribution is -0.399. The van der Waals surface area contributed by atoms with Crippen LogP contribution in [0.2, 0.25) is 0 Å². The molecule has 11 N–H and O–H groups in total. The molecule has 4 saturated carbocycles. The molecule has 1 unspecified atom stereocenters. The molecule has 0 aromatic carbocycles. The zero-order chi connectivity index (χ0) is 52.7. The van der Waals surface area contributed by atoms with Gasteiger partial charge in [-0.15, -0.1) is 0 Å². The maximum Gasteiger partial charge on any atom is 0.187 e. The third-order valence-corrected chi connectivity index (χ3v) is 20.4. The van der Waals surface area contributed by atoms with Gasteiger partial charge in [0.05, 0.1) is 50.3 Å². The molecule has 0 amide bonds. The summed E-state index contributed by atoms with van der Waals surface area (Å²) in [6.07, 6.45) is -20.8. The van der Waals surface area contributed by atoms with E-state index in [2.05, 4.69) is 47.6 Å². The van der Waals surface area contributed by atoms with Crippen molar-refractivity contribution in [1.82, 2.24) is 0 Å². The smallest absolute Gasteiger partial charge is 0.187 e. The number of fused-ring (bicyclic) bond motifs is 4. The van der Waals surface area contributed by atoms with E-state index in [0.29, 0.717) is 25.4 Å². The first-order chi connectivity index (χ1) is 34.2. The van der Waals surface area contributed by atoms with Crippen LogP contribution in [0.5, 0.6) is 0 Å². The largest absolute Gasteiger partial charge is 0.394 e. The summed E-state index contributed by atoms with van der Waals surface area (Å²) >= 11 is 0. The van der Waals surface area contributed by atoms with Gasteiger partial charge in [-0.25, -0.2) is 0 Å². The molecular weight excluding hydrogens is 961 g/mol. The van der Waals surface area contributed by atoms with Crippen LogP contribution >= 0.6 is 0 Å². The maximum atomic E-state index is 12.3. The molecule has 6 aliphatic heterocycles. The molecule has 4 aliphatic carbocycles. The van der Waals surface area contributed by atoms with Crippen molar-refractivity contribution in [2.24, 2.45) is 45.3 Å². The molecule has 10 fully saturated rings. The molecule has 0 aromatic rings. The molecule has 10 rings (SSSR count). The van der Waals surface area contributed by atoms with E-state index in [4.69, 9.17) is 47.4 Å². The van der Waals surface area contributed by atoms with E-state index < -0.39 is 147 Å². The monoisotopic (exact) mass is 1040 g/mol. The fourth-order valence-corrected chi connectivity index (χ4v) is 16.9. The van der Waals surface area contributed by atoms with E-state index in [1.807, 2.05) is 6.92 Å². The summed E-state index contributed by atoms with van der Waals surface area (Å²) in [5.74, 6) is -0.230. The second kappa shape index (κ2) is 19.6. The summed E-state index contributed by atoms with van der Waals surface area (Å²) in [6.45, 7) is 15.9. The number of aliphatic hydroxyl groups is 11. The number of rotatable bonds is 10. The minimum atomic E-state index is -1.87. The summed E-state index contributed by atoms with van der Waals surface area (Å²) in [5, 5.41) is 121. The van der Waals surface area contributed by atoms with Gasteiger partial charge in [0.25, 0.3) is 0 Å². The Morgan fingerprint density at radius 2 is 1.32 bits per heavy atom. The van der Waals surface area contributed by atoms with Crippen molar-refractivity contribution in [3.63, 3.8) is 0 Å². The van der Waals surface area contributed by atoms with Crippen molar-refractivity contribution in [3.8, 4) is 0 Å². The predicted octanol–water partition coefficient (Wildman–Crippen LogP) is -0.542. The molecule has 2 bridgehead atoms. The first-order valence-electron chi connectivity index (χ1n) is 26.8. The van der Waals surface area contributed by atoms with Crippen LogP contribution in [-0.4, -0.2) is 217 Å². The quantitative estimate of drug-likeness (QED) is 0.0967. The number of hydrogen-bond acceptors (Lipinski definition) is 21. The second-order valence-corrected chi connectivity index (χ2v) is 25.3. The van der Waals surface area contributed by atoms with Gasteiger partial charge in [-0.3, -0.25) is 0 Å². The van der Waals surface area contributed by atoms with E-state index in [0.717, 1.165) is 44.1 Å². The Labute approximate surface area is 426 Å². The van der Waals surface area contributed by atoms with E-state index in [9.17, 15) is 56.2 Å². The normalized spacial score (nSPS) is 57.5. The molecule has 0 aromatic heterocycles. The molecule has 73 heavy (non-hydrogen) atoms. The maximum absolute atomic E-state index is 12.3. The summed E-state index contributed by atoms with van der Waals surface area (Å²) in [5.41, 5.74) is -0.717. The predicted molar refractivity (Wildman–Crippen MR) is 250 cm³/mol. The van der Waals surface area contributed by atoms with Crippen LogP contribution in [0.3, 0.4) is 0 Å². The molecular formula is C52H84O21. The standard InChI is InChI=1S/C52H84O21/c1-22(2)15-24-16-50(8,63)42-25-9-10-30-48(6)13-12-31(47(4,5)29(48)11-14-49(30,7)51(25)20-52(42,73-24)66-21-51)69-45-41(72-44-38(62)35(59)32(56)23(3)67-44)39(27(55)19-65-45)70-46-40(36(60)34(58)28(17-53)68-46)71-43-37(61)33(57)26(54)18-64-43/h15,23-46,53-63H,9-14,16-21H2,1-8H3/t23-,24-,25+,26+,27-,28+,29-,30+,31-,32-,33-,34+,35+,36-,37+,38+,39-,40+,41+,42?,43-,44-,45-,46-,48-,49+,50-,51-,52-/m0/s1. The van der Waals surface area contributed by atoms with Crippen LogP contribution in [0.15, 0.2) is 11.6 Å². The summed E-state index contributed by atoms with van der Waals surface area (Å²) in [4.78, 5) is 0. The molecule has 6 saturated heterocycles. The van der Waals surface area contributed by atoms with Crippen LogP contribution < -0.4 is 0 Å². The van der Waals surface area contributed by atoms with Crippen molar-refractivity contribution < 1.29 is 104 Å². The van der Waals surface area contributed by atoms with E-state index in [1.165, 1.54) is 6.92 Å². The van der Waals surface area contributed by atoms with Crippen molar-refractivity contribution in [3.05, 3.63) is 11.6 Å². The summed E-state index contributed by atoms with van der Waals surface area (Å²) in [7, 11) is 0. The van der Waals surface area contributed by atoms with Gasteiger partial charge in [0.15, 0.2) is 30.9 Å². The Hall–Kier alpha value is -1.10. The van der Waals surface area contributed by atoms with Crippen molar-refractivity contribution in [2.45, 2.75) is 241 Å². The minimum Gasteiger partial charge on any atom is -0.394 e. The third-order valence-electron chi connectivity index (χ3n) is 20.4. The Balaban J connectivity index is 0.919. The fourth-order valence-electron chi connectivity index (χ4n) is 16.9. The highest BCUT2D eigenvalue weighted by molar-refractivity contribution is 5.27. The molecule has 6 heterocycles. The number of allylic oxidation sites excluding steroid dienone is 1. The lowest BCUT2D eigenvalue weighted by atomic mass is 9.35.